The van der Waals surface area contributed by atoms with Crippen molar-refractivity contribution < 1.29 is 9.47 Å². The van der Waals surface area contributed by atoms with Crippen molar-refractivity contribution in [1.29, 1.82) is 0 Å². The summed E-state index contributed by atoms with van der Waals surface area (Å²) in [7, 11) is 1.54. The number of rotatable bonds is 3. The molecule has 5 heteroatoms. The summed E-state index contributed by atoms with van der Waals surface area (Å²) in [6, 6.07) is 10.3. The number of hydrogen-bond acceptors (Lipinski definition) is 4. The minimum absolute atomic E-state index is 0.413. The zero-order chi connectivity index (χ0) is 12.3. The van der Waals surface area contributed by atoms with Gasteiger partial charge in [-0.1, -0.05) is 17.7 Å². The molecule has 0 atom stereocenters. The van der Waals surface area contributed by atoms with Crippen LogP contribution in [0.4, 0.5) is 5.69 Å². The lowest BCUT2D eigenvalue weighted by Crippen LogP contribution is -1.92. The summed E-state index contributed by atoms with van der Waals surface area (Å²) in [5, 5.41) is 0.439. The van der Waals surface area contributed by atoms with Gasteiger partial charge in [-0.05, 0) is 18.2 Å². The third-order valence-corrected chi connectivity index (χ3v) is 2.37. The van der Waals surface area contributed by atoms with Crippen molar-refractivity contribution in [3.8, 4) is 17.5 Å². The van der Waals surface area contributed by atoms with E-state index < -0.39 is 0 Å². The van der Waals surface area contributed by atoms with Crippen molar-refractivity contribution in [3.63, 3.8) is 0 Å². The Kier molecular flexibility index (Phi) is 3.35. The first-order valence-electron chi connectivity index (χ1n) is 4.93. The van der Waals surface area contributed by atoms with E-state index in [1.54, 1.807) is 43.5 Å². The van der Waals surface area contributed by atoms with Gasteiger partial charge in [0.25, 0.3) is 0 Å². The molecule has 0 spiro atoms. The van der Waals surface area contributed by atoms with Crippen LogP contribution in [0.15, 0.2) is 36.4 Å². The summed E-state index contributed by atoms with van der Waals surface area (Å²) in [5.74, 6) is 1.40. The number of hydrogen-bond donors (Lipinski definition) is 1. The van der Waals surface area contributed by atoms with Crippen LogP contribution < -0.4 is 15.2 Å². The molecular formula is C12H11ClN2O2. The molecule has 0 unspecified atom stereocenters. The number of nitrogen functional groups attached to an aromatic ring is 1. The third kappa shape index (κ3) is 2.79. The van der Waals surface area contributed by atoms with E-state index in [9.17, 15) is 0 Å². The average Bonchev–Trinajstić information content (AvgIpc) is 2.33. The second-order valence-corrected chi connectivity index (χ2v) is 3.72. The molecule has 2 rings (SSSR count). The Morgan fingerprint density at radius 1 is 1.18 bits per heavy atom. The van der Waals surface area contributed by atoms with Crippen molar-refractivity contribution in [2.45, 2.75) is 0 Å². The molecule has 4 nitrogen and oxygen atoms in total. The zero-order valence-corrected chi connectivity index (χ0v) is 9.94. The topological polar surface area (TPSA) is 57.4 Å². The highest BCUT2D eigenvalue weighted by molar-refractivity contribution is 6.32. The molecule has 0 aliphatic heterocycles. The molecule has 2 aromatic rings. The van der Waals surface area contributed by atoms with Crippen LogP contribution in [0.5, 0.6) is 17.5 Å². The highest BCUT2D eigenvalue weighted by atomic mass is 35.5. The molecule has 0 aliphatic rings. The van der Waals surface area contributed by atoms with E-state index >= 15 is 0 Å². The van der Waals surface area contributed by atoms with Crippen LogP contribution in [0.3, 0.4) is 0 Å². The normalized spacial score (nSPS) is 10.0. The number of nitrogens with zero attached hydrogens (tertiary/aromatic N) is 1. The average molecular weight is 251 g/mol. The lowest BCUT2D eigenvalue weighted by atomic mass is 10.3. The Balaban J connectivity index is 2.25. The Hall–Kier alpha value is -1.94. The number of anilines is 1. The van der Waals surface area contributed by atoms with E-state index in [4.69, 9.17) is 26.8 Å². The largest absolute Gasteiger partial charge is 0.481 e. The molecule has 0 fully saturated rings. The molecule has 0 radical (unpaired) electrons. The van der Waals surface area contributed by atoms with E-state index in [-0.39, 0.29) is 0 Å². The molecule has 0 amide bonds. The maximum Gasteiger partial charge on any atom is 0.222 e. The van der Waals surface area contributed by atoms with Crippen molar-refractivity contribution in [3.05, 3.63) is 41.4 Å². The molecule has 0 aliphatic carbocycles. The number of ether oxygens (including phenoxy) is 2. The molecule has 1 aromatic carbocycles. The van der Waals surface area contributed by atoms with Crippen LogP contribution in [0.25, 0.3) is 0 Å². The number of halogens is 1. The van der Waals surface area contributed by atoms with Crippen LogP contribution in [-0.2, 0) is 0 Å². The molecule has 2 N–H and O–H groups in total. The van der Waals surface area contributed by atoms with E-state index in [1.807, 2.05) is 0 Å². The quantitative estimate of drug-likeness (QED) is 0.851. The van der Waals surface area contributed by atoms with E-state index in [0.29, 0.717) is 28.2 Å². The Bertz CT molecular complexity index is 532. The maximum absolute atomic E-state index is 5.99. The fraction of sp³-hybridized carbons (Fsp3) is 0.0833. The van der Waals surface area contributed by atoms with Gasteiger partial charge in [0.1, 0.15) is 5.75 Å². The second-order valence-electron chi connectivity index (χ2n) is 3.31. The highest BCUT2D eigenvalue weighted by Crippen LogP contribution is 2.30. The number of nitrogens with two attached hydrogens (primary N) is 1. The van der Waals surface area contributed by atoms with Crippen molar-refractivity contribution in [1.82, 2.24) is 4.98 Å². The summed E-state index contributed by atoms with van der Waals surface area (Å²) < 4.78 is 10.5. The zero-order valence-electron chi connectivity index (χ0n) is 9.18. The van der Waals surface area contributed by atoms with Crippen LogP contribution in [0.1, 0.15) is 0 Å². The summed E-state index contributed by atoms with van der Waals surface area (Å²) in [5.41, 5.74) is 6.18. The van der Waals surface area contributed by atoms with Gasteiger partial charge < -0.3 is 15.2 Å². The Morgan fingerprint density at radius 3 is 2.65 bits per heavy atom. The molecular weight excluding hydrogens is 240 g/mol. The second kappa shape index (κ2) is 4.93. The number of methoxy groups -OCH3 is 1. The van der Waals surface area contributed by atoms with Gasteiger partial charge in [-0.2, -0.15) is 4.98 Å². The third-order valence-electron chi connectivity index (χ3n) is 2.08. The summed E-state index contributed by atoms with van der Waals surface area (Å²) in [6.45, 7) is 0. The number of pyridine rings is 1. The van der Waals surface area contributed by atoms with Crippen molar-refractivity contribution in [2.24, 2.45) is 0 Å². The van der Waals surface area contributed by atoms with Crippen LogP contribution in [0, 0.1) is 0 Å². The molecule has 17 heavy (non-hydrogen) atoms. The van der Waals surface area contributed by atoms with E-state index in [1.165, 1.54) is 0 Å². The molecule has 0 saturated heterocycles. The number of benzene rings is 1. The minimum Gasteiger partial charge on any atom is -0.481 e. The van der Waals surface area contributed by atoms with Gasteiger partial charge >= 0.3 is 0 Å². The summed E-state index contributed by atoms with van der Waals surface area (Å²) in [4.78, 5) is 4.12. The van der Waals surface area contributed by atoms with Crippen molar-refractivity contribution in [2.75, 3.05) is 12.8 Å². The smallest absolute Gasteiger partial charge is 0.222 e. The lowest BCUT2D eigenvalue weighted by molar-refractivity contribution is 0.383. The summed E-state index contributed by atoms with van der Waals surface area (Å²) >= 11 is 5.99. The van der Waals surface area contributed by atoms with E-state index in [0.717, 1.165) is 0 Å². The fourth-order valence-corrected chi connectivity index (χ4v) is 1.51. The van der Waals surface area contributed by atoms with Crippen LogP contribution >= 0.6 is 11.6 Å². The molecule has 0 bridgehead atoms. The van der Waals surface area contributed by atoms with Gasteiger partial charge in [0.15, 0.2) is 0 Å². The highest BCUT2D eigenvalue weighted by Gasteiger charge is 2.05. The minimum atomic E-state index is 0.413. The SMILES string of the molecule is COc1cccc(Oc2ccc(N)cc2Cl)n1. The first kappa shape index (κ1) is 11.5. The van der Waals surface area contributed by atoms with Gasteiger partial charge in [-0.25, -0.2) is 0 Å². The maximum atomic E-state index is 5.99. The molecule has 88 valence electrons. The monoisotopic (exact) mass is 250 g/mol. The Morgan fingerprint density at radius 2 is 1.94 bits per heavy atom. The standard InChI is InChI=1S/C12H11ClN2O2/c1-16-11-3-2-4-12(15-11)17-10-6-5-8(14)7-9(10)13/h2-7H,14H2,1H3. The first-order valence-corrected chi connectivity index (χ1v) is 5.31. The fourth-order valence-electron chi connectivity index (χ4n) is 1.28. The van der Waals surface area contributed by atoms with Gasteiger partial charge in [-0.15, -0.1) is 0 Å². The molecule has 1 aromatic heterocycles. The lowest BCUT2D eigenvalue weighted by Gasteiger charge is -2.07. The predicted octanol–water partition coefficient (Wildman–Crippen LogP) is 3.12. The molecule has 0 saturated carbocycles. The van der Waals surface area contributed by atoms with Crippen LogP contribution in [0.2, 0.25) is 5.02 Å². The first-order chi connectivity index (χ1) is 8.19. The van der Waals surface area contributed by atoms with Crippen molar-refractivity contribution >= 4 is 17.3 Å². The number of aromatic nitrogens is 1. The van der Waals surface area contributed by atoms with Gasteiger partial charge in [-0.3, -0.25) is 0 Å². The predicted molar refractivity (Wildman–Crippen MR) is 66.7 cm³/mol. The summed E-state index contributed by atoms with van der Waals surface area (Å²) in [6.07, 6.45) is 0. The van der Waals surface area contributed by atoms with Gasteiger partial charge in [0.2, 0.25) is 11.8 Å². The van der Waals surface area contributed by atoms with Crippen LogP contribution in [-0.4, -0.2) is 12.1 Å². The van der Waals surface area contributed by atoms with Gasteiger partial charge in [0.05, 0.1) is 12.1 Å². The van der Waals surface area contributed by atoms with Gasteiger partial charge in [0, 0.05) is 17.8 Å². The van der Waals surface area contributed by atoms with E-state index in [2.05, 4.69) is 4.98 Å². The molecule has 1 heterocycles. The Labute approximate surface area is 104 Å².